The summed E-state index contributed by atoms with van der Waals surface area (Å²) in [6, 6.07) is 17.9. The van der Waals surface area contributed by atoms with Crippen LogP contribution in [-0.2, 0) is 9.59 Å². The van der Waals surface area contributed by atoms with E-state index in [4.69, 9.17) is 4.74 Å². The lowest BCUT2D eigenvalue weighted by atomic mass is 10.1. The highest BCUT2D eigenvalue weighted by Crippen LogP contribution is 2.27. The molecule has 2 aromatic carbocycles. The minimum atomic E-state index is -0.302. The molecule has 7 nitrogen and oxygen atoms in total. The molecule has 1 unspecified atom stereocenters. The highest BCUT2D eigenvalue weighted by atomic mass is 16.5. The summed E-state index contributed by atoms with van der Waals surface area (Å²) in [5.74, 6) is 0.437. The van der Waals surface area contributed by atoms with Gasteiger partial charge in [0.2, 0.25) is 11.8 Å². The van der Waals surface area contributed by atoms with Crippen LogP contribution in [0, 0.1) is 5.92 Å². The number of para-hydroxylation sites is 1. The van der Waals surface area contributed by atoms with Gasteiger partial charge < -0.3 is 19.9 Å². The minimum Gasteiger partial charge on any atom is -0.494 e. The van der Waals surface area contributed by atoms with Gasteiger partial charge in [0.25, 0.3) is 0 Å². The second-order valence-electron chi connectivity index (χ2n) is 8.29. The van der Waals surface area contributed by atoms with Gasteiger partial charge in [-0.2, -0.15) is 0 Å². The number of rotatable bonds is 8. The van der Waals surface area contributed by atoms with Crippen molar-refractivity contribution in [1.82, 2.24) is 10.2 Å². The molecule has 32 heavy (non-hydrogen) atoms. The topological polar surface area (TPSA) is 65.1 Å². The van der Waals surface area contributed by atoms with Gasteiger partial charge in [-0.1, -0.05) is 18.2 Å². The van der Waals surface area contributed by atoms with Crippen molar-refractivity contribution in [3.05, 3.63) is 54.6 Å². The molecule has 2 amide bonds. The molecule has 1 N–H and O–H groups in total. The van der Waals surface area contributed by atoms with Gasteiger partial charge in [-0.15, -0.1) is 0 Å². The molecule has 1 atom stereocenters. The van der Waals surface area contributed by atoms with Crippen molar-refractivity contribution in [2.75, 3.05) is 62.2 Å². The zero-order valence-corrected chi connectivity index (χ0v) is 18.7. The SMILES string of the molecule is CCOc1ccc(N2CC(C(=O)NCCN3CCN(c4ccccc4)CC3)CC2=O)cc1. The highest BCUT2D eigenvalue weighted by molar-refractivity contribution is 6.00. The first-order valence-electron chi connectivity index (χ1n) is 11.5. The number of nitrogens with one attached hydrogen (secondary N) is 1. The average molecular weight is 437 g/mol. The summed E-state index contributed by atoms with van der Waals surface area (Å²) in [6.45, 7) is 8.36. The van der Waals surface area contributed by atoms with E-state index in [2.05, 4.69) is 39.4 Å². The number of carbonyl (C=O) groups is 2. The molecule has 0 radical (unpaired) electrons. The fourth-order valence-electron chi connectivity index (χ4n) is 4.37. The molecule has 0 bridgehead atoms. The highest BCUT2D eigenvalue weighted by Gasteiger charge is 2.35. The maximum Gasteiger partial charge on any atom is 0.227 e. The van der Waals surface area contributed by atoms with E-state index in [1.165, 1.54) is 5.69 Å². The molecule has 7 heteroatoms. The van der Waals surface area contributed by atoms with Gasteiger partial charge in [0.1, 0.15) is 5.75 Å². The van der Waals surface area contributed by atoms with Gasteiger partial charge in [0, 0.05) is 63.6 Å². The van der Waals surface area contributed by atoms with Crippen LogP contribution in [0.4, 0.5) is 11.4 Å². The monoisotopic (exact) mass is 436 g/mol. The predicted molar refractivity (Wildman–Crippen MR) is 126 cm³/mol. The van der Waals surface area contributed by atoms with Crippen LogP contribution in [0.15, 0.2) is 54.6 Å². The average Bonchev–Trinajstić information content (AvgIpc) is 3.22. The van der Waals surface area contributed by atoms with E-state index in [-0.39, 0.29) is 24.2 Å². The molecule has 2 aromatic rings. The Hall–Kier alpha value is -3.06. The third-order valence-corrected chi connectivity index (χ3v) is 6.18. The fraction of sp³-hybridized carbons (Fsp3) is 0.440. The van der Waals surface area contributed by atoms with Gasteiger partial charge >= 0.3 is 0 Å². The van der Waals surface area contributed by atoms with Crippen LogP contribution in [0.2, 0.25) is 0 Å². The van der Waals surface area contributed by atoms with Crippen molar-refractivity contribution < 1.29 is 14.3 Å². The first-order valence-corrected chi connectivity index (χ1v) is 11.5. The number of carbonyl (C=O) groups excluding carboxylic acids is 2. The van der Waals surface area contributed by atoms with Crippen LogP contribution in [0.25, 0.3) is 0 Å². The Morgan fingerprint density at radius 3 is 2.41 bits per heavy atom. The Balaban J connectivity index is 1.19. The molecule has 0 aliphatic carbocycles. The lowest BCUT2D eigenvalue weighted by molar-refractivity contribution is -0.126. The van der Waals surface area contributed by atoms with Crippen LogP contribution in [0.3, 0.4) is 0 Å². The molecule has 0 aromatic heterocycles. The minimum absolute atomic E-state index is 0.00802. The predicted octanol–water partition coefficient (Wildman–Crippen LogP) is 2.38. The summed E-state index contributed by atoms with van der Waals surface area (Å²) >= 11 is 0. The number of ether oxygens (including phenoxy) is 1. The molecule has 2 heterocycles. The van der Waals surface area contributed by atoms with Crippen molar-refractivity contribution >= 4 is 23.2 Å². The number of hydrogen-bond acceptors (Lipinski definition) is 5. The van der Waals surface area contributed by atoms with Gasteiger partial charge in [0.15, 0.2) is 0 Å². The second-order valence-corrected chi connectivity index (χ2v) is 8.29. The summed E-state index contributed by atoms with van der Waals surface area (Å²) in [4.78, 5) is 31.6. The van der Waals surface area contributed by atoms with E-state index < -0.39 is 0 Å². The third kappa shape index (κ3) is 5.40. The third-order valence-electron chi connectivity index (χ3n) is 6.18. The van der Waals surface area contributed by atoms with Crippen LogP contribution in [0.5, 0.6) is 5.75 Å². The number of anilines is 2. The Labute approximate surface area is 189 Å². The Morgan fingerprint density at radius 1 is 1.00 bits per heavy atom. The van der Waals surface area contributed by atoms with E-state index in [1.807, 2.05) is 37.3 Å². The summed E-state index contributed by atoms with van der Waals surface area (Å²) in [5.41, 5.74) is 2.08. The zero-order valence-electron chi connectivity index (χ0n) is 18.7. The molecule has 2 saturated heterocycles. The van der Waals surface area contributed by atoms with Crippen molar-refractivity contribution in [2.24, 2.45) is 5.92 Å². The Kier molecular flexibility index (Phi) is 7.27. The summed E-state index contributed by atoms with van der Waals surface area (Å²) < 4.78 is 5.46. The van der Waals surface area contributed by atoms with E-state index in [9.17, 15) is 9.59 Å². The van der Waals surface area contributed by atoms with Crippen LogP contribution >= 0.6 is 0 Å². The van der Waals surface area contributed by atoms with Crippen molar-refractivity contribution in [1.29, 1.82) is 0 Å². The van der Waals surface area contributed by atoms with Crippen molar-refractivity contribution in [2.45, 2.75) is 13.3 Å². The molecule has 2 aliphatic rings. The molecule has 0 spiro atoms. The second kappa shape index (κ2) is 10.5. The molecule has 170 valence electrons. The number of amides is 2. The molecule has 2 aliphatic heterocycles. The van der Waals surface area contributed by atoms with E-state index >= 15 is 0 Å². The Bertz CT molecular complexity index is 895. The molecular weight excluding hydrogens is 404 g/mol. The first-order chi connectivity index (χ1) is 15.6. The lowest BCUT2D eigenvalue weighted by Gasteiger charge is -2.36. The normalized spacial score (nSPS) is 19.3. The lowest BCUT2D eigenvalue weighted by Crippen LogP contribution is -2.48. The zero-order chi connectivity index (χ0) is 22.3. The maximum atomic E-state index is 12.6. The van der Waals surface area contributed by atoms with E-state index in [0.717, 1.165) is 44.2 Å². The summed E-state index contributed by atoms with van der Waals surface area (Å²) in [7, 11) is 0. The summed E-state index contributed by atoms with van der Waals surface area (Å²) in [6.07, 6.45) is 0.259. The van der Waals surface area contributed by atoms with Gasteiger partial charge in [-0.05, 0) is 43.3 Å². The van der Waals surface area contributed by atoms with E-state index in [0.29, 0.717) is 19.7 Å². The number of nitrogens with zero attached hydrogens (tertiary/aromatic N) is 3. The number of hydrogen-bond donors (Lipinski definition) is 1. The number of piperazine rings is 1. The van der Waals surface area contributed by atoms with Crippen molar-refractivity contribution in [3.8, 4) is 5.75 Å². The molecular formula is C25H32N4O3. The van der Waals surface area contributed by atoms with Crippen molar-refractivity contribution in [3.63, 3.8) is 0 Å². The van der Waals surface area contributed by atoms with E-state index in [1.54, 1.807) is 4.90 Å². The Morgan fingerprint density at radius 2 is 1.72 bits per heavy atom. The maximum absolute atomic E-state index is 12.6. The van der Waals surface area contributed by atoms with Crippen LogP contribution in [0.1, 0.15) is 13.3 Å². The largest absolute Gasteiger partial charge is 0.494 e. The fourth-order valence-corrected chi connectivity index (χ4v) is 4.37. The van der Waals surface area contributed by atoms with Gasteiger partial charge in [-0.25, -0.2) is 0 Å². The molecule has 0 saturated carbocycles. The standard InChI is InChI=1S/C25H32N4O3/c1-2-32-23-10-8-22(9-11-23)29-19-20(18-24(29)30)25(31)26-12-13-27-14-16-28(17-15-27)21-6-4-3-5-7-21/h3-11,20H,2,12-19H2,1H3,(H,26,31). The molecule has 4 rings (SSSR count). The van der Waals surface area contributed by atoms with Gasteiger partial charge in [-0.3, -0.25) is 14.5 Å². The number of benzene rings is 2. The van der Waals surface area contributed by atoms with Gasteiger partial charge in [0.05, 0.1) is 12.5 Å². The smallest absolute Gasteiger partial charge is 0.227 e. The first kappa shape index (κ1) is 22.1. The van der Waals surface area contributed by atoms with Crippen LogP contribution in [-0.4, -0.2) is 69.1 Å². The molecule has 2 fully saturated rings. The quantitative estimate of drug-likeness (QED) is 0.688. The summed E-state index contributed by atoms with van der Waals surface area (Å²) in [5, 5.41) is 3.04. The van der Waals surface area contributed by atoms with Crippen LogP contribution < -0.4 is 19.9 Å².